The average molecular weight is 333 g/mol. The number of carbonyl (C=O) groups is 1. The number of fused-ring (bicyclic) bond motifs is 1. The van der Waals surface area contributed by atoms with Crippen LogP contribution >= 0.6 is 22.9 Å². The van der Waals surface area contributed by atoms with Crippen molar-refractivity contribution in [3.8, 4) is 0 Å². The van der Waals surface area contributed by atoms with Gasteiger partial charge in [0, 0.05) is 22.2 Å². The Kier molecular flexibility index (Phi) is 3.20. The van der Waals surface area contributed by atoms with Gasteiger partial charge in [0.2, 0.25) is 0 Å². The van der Waals surface area contributed by atoms with Crippen molar-refractivity contribution in [2.75, 3.05) is 5.32 Å². The van der Waals surface area contributed by atoms with Crippen LogP contribution in [0.3, 0.4) is 0 Å². The number of nitrogens with one attached hydrogen (secondary N) is 1. The molecule has 1 aliphatic rings. The Balaban J connectivity index is 1.64. The van der Waals surface area contributed by atoms with Crippen molar-refractivity contribution in [3.63, 3.8) is 0 Å². The molecule has 1 fully saturated rings. The molecule has 4 rings (SSSR count). The van der Waals surface area contributed by atoms with E-state index in [1.807, 2.05) is 24.4 Å². The second kappa shape index (κ2) is 5.11. The largest absolute Gasteiger partial charge is 0.449 e. The Morgan fingerprint density at radius 1 is 1.45 bits per heavy atom. The molecule has 0 atom stereocenters. The number of aromatic nitrogens is 1. The van der Waals surface area contributed by atoms with Gasteiger partial charge in [0.25, 0.3) is 5.91 Å². The number of hydrogen-bond donors (Lipinski definition) is 1. The van der Waals surface area contributed by atoms with Crippen LogP contribution in [0, 0.1) is 6.92 Å². The number of hydrogen-bond acceptors (Lipinski definition) is 4. The molecular formula is C16H13ClN2O2S. The molecule has 3 aromatic rings. The predicted octanol–water partition coefficient (Wildman–Crippen LogP) is 4.98. The molecule has 1 amide bonds. The Morgan fingerprint density at radius 3 is 3.00 bits per heavy atom. The maximum absolute atomic E-state index is 12.4. The van der Waals surface area contributed by atoms with E-state index in [2.05, 4.69) is 10.3 Å². The van der Waals surface area contributed by atoms with Gasteiger partial charge in [-0.2, -0.15) is 0 Å². The third-order valence-electron chi connectivity index (χ3n) is 3.86. The molecule has 0 aliphatic heterocycles. The van der Waals surface area contributed by atoms with Crippen LogP contribution in [-0.4, -0.2) is 10.9 Å². The number of thiazole rings is 1. The number of amides is 1. The molecule has 0 spiro atoms. The zero-order valence-corrected chi connectivity index (χ0v) is 13.4. The second-order valence-electron chi connectivity index (χ2n) is 5.48. The van der Waals surface area contributed by atoms with Gasteiger partial charge in [0.15, 0.2) is 16.5 Å². The molecule has 1 saturated carbocycles. The minimum atomic E-state index is -0.290. The molecule has 0 unspecified atom stereocenters. The topological polar surface area (TPSA) is 55.1 Å². The molecule has 6 heteroatoms. The summed E-state index contributed by atoms with van der Waals surface area (Å²) in [6.45, 7) is 1.86. The highest BCUT2D eigenvalue weighted by atomic mass is 35.5. The lowest BCUT2D eigenvalue weighted by Gasteiger charge is -1.99. The lowest BCUT2D eigenvalue weighted by molar-refractivity contribution is 0.0998. The van der Waals surface area contributed by atoms with E-state index in [9.17, 15) is 4.79 Å². The Morgan fingerprint density at radius 2 is 2.27 bits per heavy atom. The van der Waals surface area contributed by atoms with Crippen LogP contribution in [0.2, 0.25) is 5.02 Å². The molecule has 1 aromatic carbocycles. The first-order valence-corrected chi connectivity index (χ1v) is 8.33. The van der Waals surface area contributed by atoms with E-state index in [4.69, 9.17) is 16.0 Å². The van der Waals surface area contributed by atoms with E-state index in [1.54, 1.807) is 6.07 Å². The molecule has 2 aromatic heterocycles. The summed E-state index contributed by atoms with van der Waals surface area (Å²) in [6.07, 6.45) is 2.39. The highest BCUT2D eigenvalue weighted by Crippen LogP contribution is 2.41. The van der Waals surface area contributed by atoms with Gasteiger partial charge in [0.05, 0.1) is 10.7 Å². The van der Waals surface area contributed by atoms with Gasteiger partial charge in [-0.15, -0.1) is 11.3 Å². The van der Waals surface area contributed by atoms with Crippen LogP contribution in [0.25, 0.3) is 11.0 Å². The first kappa shape index (κ1) is 13.8. The summed E-state index contributed by atoms with van der Waals surface area (Å²) >= 11 is 7.56. The van der Waals surface area contributed by atoms with Crippen molar-refractivity contribution in [2.45, 2.75) is 25.7 Å². The summed E-state index contributed by atoms with van der Waals surface area (Å²) < 4.78 is 5.66. The number of anilines is 1. The third kappa shape index (κ3) is 2.30. The highest BCUT2D eigenvalue weighted by Gasteiger charge is 2.27. The summed E-state index contributed by atoms with van der Waals surface area (Å²) in [5.41, 5.74) is 2.41. The predicted molar refractivity (Wildman–Crippen MR) is 88.0 cm³/mol. The van der Waals surface area contributed by atoms with E-state index < -0.39 is 0 Å². The number of aryl methyl sites for hydroxylation is 1. The van der Waals surface area contributed by atoms with Gasteiger partial charge < -0.3 is 4.42 Å². The molecule has 22 heavy (non-hydrogen) atoms. The minimum Gasteiger partial charge on any atom is -0.449 e. The molecule has 0 bridgehead atoms. The SMILES string of the molecule is Cc1c(C(=O)Nc2nc(C3CC3)cs2)oc2c(Cl)cccc12. The first-order chi connectivity index (χ1) is 10.6. The fraction of sp³-hybridized carbons (Fsp3) is 0.250. The summed E-state index contributed by atoms with van der Waals surface area (Å²) in [5, 5.41) is 6.79. The molecule has 0 saturated heterocycles. The van der Waals surface area contributed by atoms with Gasteiger partial charge in [-0.1, -0.05) is 23.7 Å². The Labute approximate surface area is 136 Å². The zero-order valence-electron chi connectivity index (χ0n) is 11.9. The van der Waals surface area contributed by atoms with E-state index in [0.29, 0.717) is 21.7 Å². The van der Waals surface area contributed by atoms with E-state index in [-0.39, 0.29) is 11.7 Å². The lowest BCUT2D eigenvalue weighted by atomic mass is 10.1. The monoisotopic (exact) mass is 332 g/mol. The number of rotatable bonds is 3. The zero-order chi connectivity index (χ0) is 15.3. The van der Waals surface area contributed by atoms with Crippen LogP contribution < -0.4 is 5.32 Å². The number of nitrogens with zero attached hydrogens (tertiary/aromatic N) is 1. The summed E-state index contributed by atoms with van der Waals surface area (Å²) in [7, 11) is 0. The van der Waals surface area contributed by atoms with Crippen molar-refractivity contribution in [3.05, 3.63) is 45.6 Å². The molecule has 1 aliphatic carbocycles. The average Bonchev–Trinajstić information content (AvgIpc) is 3.15. The minimum absolute atomic E-state index is 0.284. The smallest absolute Gasteiger partial charge is 0.293 e. The summed E-state index contributed by atoms with van der Waals surface area (Å²) in [4.78, 5) is 16.9. The molecule has 112 valence electrons. The molecular weight excluding hydrogens is 320 g/mol. The quantitative estimate of drug-likeness (QED) is 0.735. The third-order valence-corrected chi connectivity index (χ3v) is 4.93. The normalized spacial score (nSPS) is 14.5. The van der Waals surface area contributed by atoms with E-state index >= 15 is 0 Å². The summed E-state index contributed by atoms with van der Waals surface area (Å²) in [6, 6.07) is 5.49. The standard InChI is InChI=1S/C16H13ClN2O2S/c1-8-10-3-2-4-11(17)14(10)21-13(8)15(20)19-16-18-12(7-22-16)9-5-6-9/h2-4,7,9H,5-6H2,1H3,(H,18,19,20). The van der Waals surface area contributed by atoms with Crippen LogP contribution in [0.4, 0.5) is 5.13 Å². The highest BCUT2D eigenvalue weighted by molar-refractivity contribution is 7.14. The first-order valence-electron chi connectivity index (χ1n) is 7.08. The van der Waals surface area contributed by atoms with Crippen molar-refractivity contribution in [2.24, 2.45) is 0 Å². The molecule has 0 radical (unpaired) electrons. The maximum atomic E-state index is 12.4. The number of benzene rings is 1. The van der Waals surface area contributed by atoms with Crippen molar-refractivity contribution >= 4 is 44.9 Å². The van der Waals surface area contributed by atoms with Gasteiger partial charge in [0.1, 0.15) is 0 Å². The van der Waals surface area contributed by atoms with E-state index in [1.165, 1.54) is 24.2 Å². The Bertz CT molecular complexity index is 880. The van der Waals surface area contributed by atoms with Crippen LogP contribution in [0.15, 0.2) is 28.0 Å². The Hall–Kier alpha value is -1.85. The van der Waals surface area contributed by atoms with E-state index in [0.717, 1.165) is 16.6 Å². The second-order valence-corrected chi connectivity index (χ2v) is 6.74. The fourth-order valence-electron chi connectivity index (χ4n) is 2.49. The van der Waals surface area contributed by atoms with Crippen molar-refractivity contribution in [1.82, 2.24) is 4.98 Å². The van der Waals surface area contributed by atoms with Crippen molar-refractivity contribution in [1.29, 1.82) is 0 Å². The molecule has 4 nitrogen and oxygen atoms in total. The van der Waals surface area contributed by atoms with Gasteiger partial charge in [-0.25, -0.2) is 4.98 Å². The summed E-state index contributed by atoms with van der Waals surface area (Å²) in [5.74, 6) is 0.571. The fourth-order valence-corrected chi connectivity index (χ4v) is 3.49. The lowest BCUT2D eigenvalue weighted by Crippen LogP contribution is -2.11. The molecule has 2 heterocycles. The maximum Gasteiger partial charge on any atom is 0.293 e. The van der Waals surface area contributed by atoms with Gasteiger partial charge >= 0.3 is 0 Å². The number of para-hydroxylation sites is 1. The van der Waals surface area contributed by atoms with Crippen LogP contribution in [-0.2, 0) is 0 Å². The number of halogens is 1. The number of carbonyl (C=O) groups excluding carboxylic acids is 1. The van der Waals surface area contributed by atoms with Gasteiger partial charge in [-0.3, -0.25) is 10.1 Å². The van der Waals surface area contributed by atoms with Crippen molar-refractivity contribution < 1.29 is 9.21 Å². The van der Waals surface area contributed by atoms with Gasteiger partial charge in [-0.05, 0) is 25.8 Å². The number of furan rings is 1. The van der Waals surface area contributed by atoms with Crippen LogP contribution in [0.5, 0.6) is 0 Å². The molecule has 1 N–H and O–H groups in total. The van der Waals surface area contributed by atoms with Crippen LogP contribution in [0.1, 0.15) is 40.6 Å².